The fraction of sp³-hybridized carbons (Fsp3) is 0.417. The van der Waals surface area contributed by atoms with E-state index in [1.54, 1.807) is 17.0 Å². The number of benzene rings is 2. The van der Waals surface area contributed by atoms with Gasteiger partial charge in [-0.3, -0.25) is 9.59 Å². The van der Waals surface area contributed by atoms with Crippen LogP contribution in [-0.2, 0) is 22.6 Å². The quantitative estimate of drug-likeness (QED) is 0.752. The molecule has 0 radical (unpaired) electrons. The Morgan fingerprint density at radius 3 is 2.24 bits per heavy atom. The van der Waals surface area contributed by atoms with E-state index in [1.807, 2.05) is 58.9 Å². The summed E-state index contributed by atoms with van der Waals surface area (Å²) in [4.78, 5) is 27.8. The van der Waals surface area contributed by atoms with E-state index < -0.39 is 11.6 Å². The van der Waals surface area contributed by atoms with Gasteiger partial charge < -0.3 is 10.2 Å². The van der Waals surface area contributed by atoms with Crippen molar-refractivity contribution in [1.29, 1.82) is 0 Å². The Bertz CT molecular complexity index is 841. The summed E-state index contributed by atoms with van der Waals surface area (Å²) < 4.78 is 13.3. The van der Waals surface area contributed by atoms with Gasteiger partial charge in [0.2, 0.25) is 11.8 Å². The molecule has 2 amide bonds. The maximum absolute atomic E-state index is 13.3. The smallest absolute Gasteiger partial charge is 0.243 e. The van der Waals surface area contributed by atoms with Crippen LogP contribution in [0.3, 0.4) is 0 Å². The molecule has 0 aliphatic rings. The predicted molar refractivity (Wildman–Crippen MR) is 114 cm³/mol. The lowest BCUT2D eigenvalue weighted by Crippen LogP contribution is -2.53. The summed E-state index contributed by atoms with van der Waals surface area (Å²) in [6.45, 7) is 9.86. The van der Waals surface area contributed by atoms with E-state index in [0.717, 1.165) is 16.7 Å². The molecule has 2 aromatic carbocycles. The van der Waals surface area contributed by atoms with Crippen LogP contribution in [0.25, 0.3) is 0 Å². The normalized spacial score (nSPS) is 12.3. The summed E-state index contributed by atoms with van der Waals surface area (Å²) in [6.07, 6.45) is 0.704. The molecule has 2 rings (SSSR count). The molecule has 29 heavy (non-hydrogen) atoms. The largest absolute Gasteiger partial charge is 0.350 e. The number of nitrogens with zero attached hydrogens (tertiary/aromatic N) is 1. The van der Waals surface area contributed by atoms with Crippen LogP contribution in [0.15, 0.2) is 48.5 Å². The zero-order chi connectivity index (χ0) is 21.6. The third kappa shape index (κ3) is 6.70. The van der Waals surface area contributed by atoms with Crippen LogP contribution in [-0.4, -0.2) is 28.3 Å². The van der Waals surface area contributed by atoms with Crippen molar-refractivity contribution in [2.75, 3.05) is 0 Å². The summed E-state index contributed by atoms with van der Waals surface area (Å²) >= 11 is 0. The van der Waals surface area contributed by atoms with Gasteiger partial charge in [0.15, 0.2) is 0 Å². The third-order valence-electron chi connectivity index (χ3n) is 4.75. The van der Waals surface area contributed by atoms with Crippen LogP contribution in [0.5, 0.6) is 0 Å². The minimum absolute atomic E-state index is 0.125. The molecule has 1 atom stereocenters. The van der Waals surface area contributed by atoms with Gasteiger partial charge in [0.1, 0.15) is 11.9 Å². The predicted octanol–water partition coefficient (Wildman–Crippen LogP) is 4.40. The lowest BCUT2D eigenvalue weighted by atomic mass is 10.0. The van der Waals surface area contributed by atoms with E-state index in [2.05, 4.69) is 5.32 Å². The molecule has 5 heteroatoms. The number of nitrogens with one attached hydrogen (secondary N) is 1. The number of hydrogen-bond donors (Lipinski definition) is 1. The zero-order valence-electron chi connectivity index (χ0n) is 18.0. The minimum Gasteiger partial charge on any atom is -0.350 e. The molecule has 0 saturated heterocycles. The molecule has 4 nitrogen and oxygen atoms in total. The SMILES string of the molecule is CC[C@H](C(=O)NC(C)(C)C)N(Cc1ccc(F)cc1)C(=O)Cc1ccccc1C. The Hall–Kier alpha value is -2.69. The van der Waals surface area contributed by atoms with Crippen LogP contribution in [0.1, 0.15) is 50.8 Å². The number of amides is 2. The highest BCUT2D eigenvalue weighted by atomic mass is 19.1. The standard InChI is InChI=1S/C24H31FN2O2/c1-6-21(23(29)26-24(3,4)5)27(16-18-11-13-20(25)14-12-18)22(28)15-19-10-8-7-9-17(19)2/h7-14,21H,6,15-16H2,1-5H3,(H,26,29)/t21-/m1/s1. The Morgan fingerprint density at radius 2 is 1.69 bits per heavy atom. The molecule has 0 bridgehead atoms. The average molecular weight is 399 g/mol. The van der Waals surface area contributed by atoms with Crippen molar-refractivity contribution >= 4 is 11.8 Å². The van der Waals surface area contributed by atoms with Gasteiger partial charge in [-0.05, 0) is 62.9 Å². The Labute approximate surface area is 173 Å². The van der Waals surface area contributed by atoms with Gasteiger partial charge in [-0.1, -0.05) is 43.3 Å². The highest BCUT2D eigenvalue weighted by molar-refractivity contribution is 5.89. The first kappa shape index (κ1) is 22.6. The van der Waals surface area contributed by atoms with Gasteiger partial charge in [0, 0.05) is 12.1 Å². The average Bonchev–Trinajstić information content (AvgIpc) is 2.63. The molecule has 156 valence electrons. The maximum Gasteiger partial charge on any atom is 0.243 e. The number of rotatable bonds is 7. The first-order valence-corrected chi connectivity index (χ1v) is 10.0. The van der Waals surface area contributed by atoms with Gasteiger partial charge in [-0.15, -0.1) is 0 Å². The first-order valence-electron chi connectivity index (χ1n) is 10.0. The highest BCUT2D eigenvalue weighted by Gasteiger charge is 2.30. The Balaban J connectivity index is 2.32. The minimum atomic E-state index is -0.601. The van der Waals surface area contributed by atoms with Crippen molar-refractivity contribution in [3.05, 3.63) is 71.0 Å². The van der Waals surface area contributed by atoms with Crippen molar-refractivity contribution in [1.82, 2.24) is 10.2 Å². The number of aryl methyl sites for hydroxylation is 1. The van der Waals surface area contributed by atoms with E-state index >= 15 is 0 Å². The number of halogens is 1. The van der Waals surface area contributed by atoms with Crippen LogP contribution in [0, 0.1) is 12.7 Å². The van der Waals surface area contributed by atoms with Crippen LogP contribution >= 0.6 is 0 Å². The maximum atomic E-state index is 13.3. The van der Waals surface area contributed by atoms with Gasteiger partial charge in [0.05, 0.1) is 6.42 Å². The summed E-state index contributed by atoms with van der Waals surface area (Å²) in [6, 6.07) is 13.2. The summed E-state index contributed by atoms with van der Waals surface area (Å²) in [5.74, 6) is -0.635. The zero-order valence-corrected chi connectivity index (χ0v) is 18.0. The van der Waals surface area contributed by atoms with Gasteiger partial charge in [-0.2, -0.15) is 0 Å². The Morgan fingerprint density at radius 1 is 1.07 bits per heavy atom. The molecule has 0 aromatic heterocycles. The molecule has 1 N–H and O–H groups in total. The van der Waals surface area contributed by atoms with E-state index in [0.29, 0.717) is 6.42 Å². The lowest BCUT2D eigenvalue weighted by Gasteiger charge is -2.33. The van der Waals surface area contributed by atoms with Crippen molar-refractivity contribution < 1.29 is 14.0 Å². The van der Waals surface area contributed by atoms with Gasteiger partial charge >= 0.3 is 0 Å². The molecule has 0 saturated carbocycles. The highest BCUT2D eigenvalue weighted by Crippen LogP contribution is 2.17. The lowest BCUT2D eigenvalue weighted by molar-refractivity contribution is -0.141. The Kier molecular flexibility index (Phi) is 7.54. The third-order valence-corrected chi connectivity index (χ3v) is 4.75. The summed E-state index contributed by atoms with van der Waals surface area (Å²) in [5, 5.41) is 2.98. The number of carbonyl (C=O) groups is 2. The van der Waals surface area contributed by atoms with E-state index in [1.165, 1.54) is 12.1 Å². The van der Waals surface area contributed by atoms with E-state index in [9.17, 15) is 14.0 Å². The number of hydrogen-bond acceptors (Lipinski definition) is 2. The summed E-state index contributed by atoms with van der Waals surface area (Å²) in [5.41, 5.74) is 2.36. The topological polar surface area (TPSA) is 49.4 Å². The van der Waals surface area contributed by atoms with E-state index in [4.69, 9.17) is 0 Å². The molecule has 0 heterocycles. The molecule has 0 aliphatic carbocycles. The molecule has 0 fully saturated rings. The summed E-state index contributed by atoms with van der Waals surface area (Å²) in [7, 11) is 0. The van der Waals surface area contributed by atoms with Gasteiger partial charge in [0.25, 0.3) is 0 Å². The van der Waals surface area contributed by atoms with Crippen molar-refractivity contribution in [2.24, 2.45) is 0 Å². The number of carbonyl (C=O) groups excluding carboxylic acids is 2. The fourth-order valence-corrected chi connectivity index (χ4v) is 3.23. The van der Waals surface area contributed by atoms with Crippen molar-refractivity contribution in [2.45, 2.75) is 65.6 Å². The fourth-order valence-electron chi connectivity index (χ4n) is 3.23. The van der Waals surface area contributed by atoms with Crippen LogP contribution in [0.2, 0.25) is 0 Å². The second kappa shape index (κ2) is 9.68. The second-order valence-electron chi connectivity index (χ2n) is 8.41. The van der Waals surface area contributed by atoms with Crippen LogP contribution in [0.4, 0.5) is 4.39 Å². The van der Waals surface area contributed by atoms with Crippen LogP contribution < -0.4 is 5.32 Å². The molecule has 2 aromatic rings. The van der Waals surface area contributed by atoms with Crippen molar-refractivity contribution in [3.63, 3.8) is 0 Å². The molecule has 0 unspecified atom stereocenters. The molecular weight excluding hydrogens is 367 g/mol. The van der Waals surface area contributed by atoms with E-state index in [-0.39, 0.29) is 30.6 Å². The first-order chi connectivity index (χ1) is 13.6. The molecular formula is C24H31FN2O2. The second-order valence-corrected chi connectivity index (χ2v) is 8.41. The molecule has 0 spiro atoms. The van der Waals surface area contributed by atoms with Crippen molar-refractivity contribution in [3.8, 4) is 0 Å². The molecule has 0 aliphatic heterocycles. The monoisotopic (exact) mass is 398 g/mol. The van der Waals surface area contributed by atoms with Gasteiger partial charge in [-0.25, -0.2) is 4.39 Å².